The first-order valence-corrected chi connectivity index (χ1v) is 7.55. The van der Waals surface area contributed by atoms with Gasteiger partial charge in [0, 0.05) is 22.7 Å². The van der Waals surface area contributed by atoms with E-state index in [2.05, 4.69) is 5.32 Å². The molecular weight excluding hydrogens is 304 g/mol. The summed E-state index contributed by atoms with van der Waals surface area (Å²) >= 11 is 1.55. The van der Waals surface area contributed by atoms with Crippen LogP contribution in [0.2, 0.25) is 0 Å². The van der Waals surface area contributed by atoms with Gasteiger partial charge < -0.3 is 10.1 Å². The molecule has 0 spiro atoms. The van der Waals surface area contributed by atoms with E-state index in [1.165, 1.54) is 25.3 Å². The molecule has 0 aliphatic carbocycles. The number of benzene rings is 2. The van der Waals surface area contributed by atoms with E-state index in [1.807, 2.05) is 24.5 Å². The zero-order valence-electron chi connectivity index (χ0n) is 12.0. The van der Waals surface area contributed by atoms with Crippen molar-refractivity contribution < 1.29 is 14.5 Å². The molecule has 2 rings (SSSR count). The lowest BCUT2D eigenvalue weighted by Crippen LogP contribution is -2.13. The molecule has 6 nitrogen and oxygen atoms in total. The van der Waals surface area contributed by atoms with Crippen molar-refractivity contribution in [1.29, 1.82) is 0 Å². The molecule has 114 valence electrons. The van der Waals surface area contributed by atoms with Gasteiger partial charge in [-0.15, -0.1) is 11.8 Å². The van der Waals surface area contributed by atoms with Crippen molar-refractivity contribution >= 4 is 29.0 Å². The summed E-state index contributed by atoms with van der Waals surface area (Å²) in [5.74, 6) is -0.178. The Morgan fingerprint density at radius 2 is 2.05 bits per heavy atom. The summed E-state index contributed by atoms with van der Waals surface area (Å²) in [5.41, 5.74) is 0.570. The van der Waals surface area contributed by atoms with Crippen molar-refractivity contribution in [3.63, 3.8) is 0 Å². The summed E-state index contributed by atoms with van der Waals surface area (Å²) in [7, 11) is 1.41. The van der Waals surface area contributed by atoms with Crippen LogP contribution in [0.25, 0.3) is 0 Å². The Morgan fingerprint density at radius 1 is 1.27 bits per heavy atom. The van der Waals surface area contributed by atoms with E-state index in [9.17, 15) is 14.9 Å². The van der Waals surface area contributed by atoms with Gasteiger partial charge in [-0.25, -0.2) is 0 Å². The highest BCUT2D eigenvalue weighted by molar-refractivity contribution is 7.98. The Labute approximate surface area is 131 Å². The summed E-state index contributed by atoms with van der Waals surface area (Å²) in [4.78, 5) is 23.6. The van der Waals surface area contributed by atoms with Crippen LogP contribution in [0, 0.1) is 10.1 Å². The van der Waals surface area contributed by atoms with Crippen molar-refractivity contribution in [2.45, 2.75) is 4.90 Å². The van der Waals surface area contributed by atoms with E-state index in [-0.39, 0.29) is 17.0 Å². The number of hydrogen-bond acceptors (Lipinski definition) is 5. The van der Waals surface area contributed by atoms with E-state index in [4.69, 9.17) is 4.74 Å². The molecule has 7 heteroatoms. The number of nitrogens with zero attached hydrogens (tertiary/aromatic N) is 1. The van der Waals surface area contributed by atoms with E-state index < -0.39 is 10.8 Å². The second-order valence-electron chi connectivity index (χ2n) is 4.33. The van der Waals surface area contributed by atoms with Crippen LogP contribution >= 0.6 is 11.8 Å². The number of nitro benzene ring substituents is 1. The average Bonchev–Trinajstić information content (AvgIpc) is 2.54. The van der Waals surface area contributed by atoms with Crippen LogP contribution in [-0.4, -0.2) is 24.2 Å². The monoisotopic (exact) mass is 318 g/mol. The molecule has 22 heavy (non-hydrogen) atoms. The maximum Gasteiger partial charge on any atom is 0.270 e. The van der Waals surface area contributed by atoms with E-state index in [0.29, 0.717) is 5.69 Å². The fourth-order valence-electron chi connectivity index (χ4n) is 1.89. The summed E-state index contributed by atoms with van der Waals surface area (Å²) in [5, 5.41) is 13.6. The molecule has 1 amide bonds. The first-order chi connectivity index (χ1) is 10.5. The van der Waals surface area contributed by atoms with E-state index in [1.54, 1.807) is 17.8 Å². The van der Waals surface area contributed by atoms with Crippen molar-refractivity contribution in [2.75, 3.05) is 18.7 Å². The largest absolute Gasteiger partial charge is 0.496 e. The summed E-state index contributed by atoms with van der Waals surface area (Å²) in [6.45, 7) is 0. The number of thioether (sulfide) groups is 1. The Kier molecular flexibility index (Phi) is 5.00. The van der Waals surface area contributed by atoms with Gasteiger partial charge in [-0.3, -0.25) is 14.9 Å². The number of nitro groups is 1. The molecule has 0 saturated carbocycles. The molecule has 0 aliphatic heterocycles. The first-order valence-electron chi connectivity index (χ1n) is 6.33. The second-order valence-corrected chi connectivity index (χ2v) is 5.21. The fraction of sp³-hybridized carbons (Fsp3) is 0.133. The predicted molar refractivity (Wildman–Crippen MR) is 85.8 cm³/mol. The van der Waals surface area contributed by atoms with Gasteiger partial charge in [0.25, 0.3) is 11.6 Å². The Hall–Kier alpha value is -2.54. The summed E-state index contributed by atoms with van der Waals surface area (Å²) in [6.07, 6.45) is 1.94. The molecule has 0 saturated heterocycles. The lowest BCUT2D eigenvalue weighted by atomic mass is 10.1. The number of hydrogen-bond donors (Lipinski definition) is 1. The normalized spacial score (nSPS) is 10.1. The number of ether oxygens (including phenoxy) is 1. The second kappa shape index (κ2) is 6.95. The molecule has 2 aromatic carbocycles. The number of carbonyl (C=O) groups is 1. The number of nitrogens with one attached hydrogen (secondary N) is 1. The minimum atomic E-state index is -0.551. The SMILES string of the molecule is COc1ccc([N+](=O)[O-])cc1C(=O)Nc1cccc(SC)c1. The fourth-order valence-corrected chi connectivity index (χ4v) is 2.35. The van der Waals surface area contributed by atoms with Crippen LogP contribution in [0.5, 0.6) is 5.75 Å². The van der Waals surface area contributed by atoms with Crippen molar-refractivity contribution in [3.8, 4) is 5.75 Å². The standard InChI is InChI=1S/C15H14N2O4S/c1-21-14-7-6-11(17(19)20)9-13(14)15(18)16-10-4-3-5-12(8-10)22-2/h3-9H,1-2H3,(H,16,18). The van der Waals surface area contributed by atoms with Crippen LogP contribution in [-0.2, 0) is 0 Å². The molecule has 1 N–H and O–H groups in total. The molecule has 0 atom stereocenters. The number of anilines is 1. The topological polar surface area (TPSA) is 81.5 Å². The number of rotatable bonds is 5. The smallest absolute Gasteiger partial charge is 0.270 e. The maximum atomic E-state index is 12.3. The van der Waals surface area contributed by atoms with Gasteiger partial charge in [0.05, 0.1) is 17.6 Å². The van der Waals surface area contributed by atoms with Gasteiger partial charge in [0.2, 0.25) is 0 Å². The van der Waals surface area contributed by atoms with Crippen LogP contribution in [0.3, 0.4) is 0 Å². The lowest BCUT2D eigenvalue weighted by Gasteiger charge is -2.10. The molecule has 0 bridgehead atoms. The molecule has 0 aromatic heterocycles. The van der Waals surface area contributed by atoms with Crippen LogP contribution < -0.4 is 10.1 Å². The third kappa shape index (κ3) is 3.56. The minimum absolute atomic E-state index is 0.117. The van der Waals surface area contributed by atoms with E-state index >= 15 is 0 Å². The zero-order valence-corrected chi connectivity index (χ0v) is 12.8. The van der Waals surface area contributed by atoms with Crippen molar-refractivity contribution in [1.82, 2.24) is 0 Å². The third-order valence-electron chi connectivity index (χ3n) is 2.97. The van der Waals surface area contributed by atoms with Crippen molar-refractivity contribution in [2.24, 2.45) is 0 Å². The summed E-state index contributed by atoms with van der Waals surface area (Å²) in [6, 6.07) is 11.2. The molecule has 0 fully saturated rings. The third-order valence-corrected chi connectivity index (χ3v) is 3.69. The molecule has 0 heterocycles. The highest BCUT2D eigenvalue weighted by Gasteiger charge is 2.17. The van der Waals surface area contributed by atoms with Gasteiger partial charge in [0.15, 0.2) is 0 Å². The van der Waals surface area contributed by atoms with Gasteiger partial charge >= 0.3 is 0 Å². The van der Waals surface area contributed by atoms with E-state index in [0.717, 1.165) is 4.90 Å². The number of methoxy groups -OCH3 is 1. The molecular formula is C15H14N2O4S. The number of non-ortho nitro benzene ring substituents is 1. The number of amides is 1. The Balaban J connectivity index is 2.31. The Bertz CT molecular complexity index is 718. The maximum absolute atomic E-state index is 12.3. The Morgan fingerprint density at radius 3 is 2.68 bits per heavy atom. The lowest BCUT2D eigenvalue weighted by molar-refractivity contribution is -0.384. The highest BCUT2D eigenvalue weighted by Crippen LogP contribution is 2.26. The quantitative estimate of drug-likeness (QED) is 0.518. The predicted octanol–water partition coefficient (Wildman–Crippen LogP) is 3.58. The number of carbonyl (C=O) groups excluding carboxylic acids is 1. The van der Waals surface area contributed by atoms with Crippen LogP contribution in [0.1, 0.15) is 10.4 Å². The average molecular weight is 318 g/mol. The highest BCUT2D eigenvalue weighted by atomic mass is 32.2. The van der Waals surface area contributed by atoms with Crippen LogP contribution in [0.15, 0.2) is 47.4 Å². The molecule has 0 aliphatic rings. The van der Waals surface area contributed by atoms with Gasteiger partial charge in [-0.1, -0.05) is 6.07 Å². The van der Waals surface area contributed by atoms with Gasteiger partial charge in [0.1, 0.15) is 5.75 Å². The van der Waals surface area contributed by atoms with Gasteiger partial charge in [-0.05, 0) is 30.5 Å². The molecule has 2 aromatic rings. The molecule has 0 radical (unpaired) electrons. The minimum Gasteiger partial charge on any atom is -0.496 e. The van der Waals surface area contributed by atoms with Crippen molar-refractivity contribution in [3.05, 3.63) is 58.1 Å². The first kappa shape index (κ1) is 15.8. The van der Waals surface area contributed by atoms with Crippen LogP contribution in [0.4, 0.5) is 11.4 Å². The van der Waals surface area contributed by atoms with Gasteiger partial charge in [-0.2, -0.15) is 0 Å². The summed E-state index contributed by atoms with van der Waals surface area (Å²) < 4.78 is 5.10. The molecule has 0 unspecified atom stereocenters. The zero-order chi connectivity index (χ0) is 16.1.